The number of likely N-dealkylation sites (tertiary alicyclic amines) is 1. The first-order valence-electron chi connectivity index (χ1n) is 14.1. The number of thioether (sulfide) groups is 2. The fourth-order valence-corrected chi connectivity index (χ4v) is 7.06. The van der Waals surface area contributed by atoms with Crippen LogP contribution >= 0.6 is 39.5 Å². The van der Waals surface area contributed by atoms with Gasteiger partial charge < -0.3 is 20.3 Å². The average Bonchev–Trinajstić information content (AvgIpc) is 3.32. The molecule has 0 aliphatic carbocycles. The molecule has 1 aromatic rings. The third-order valence-corrected chi connectivity index (χ3v) is 9.49. The molecule has 12 heteroatoms. The Hall–Kier alpha value is -1.73. The van der Waals surface area contributed by atoms with Gasteiger partial charge in [-0.25, -0.2) is 8.78 Å². The van der Waals surface area contributed by atoms with E-state index in [0.29, 0.717) is 29.7 Å². The predicted octanol–water partition coefficient (Wildman–Crippen LogP) is 6.78. The number of unbranched alkanes of at least 4 members (excludes halogenated alkanes) is 1. The number of halogens is 3. The van der Waals surface area contributed by atoms with Gasteiger partial charge in [0.2, 0.25) is 0 Å². The van der Waals surface area contributed by atoms with Crippen LogP contribution in [0, 0.1) is 5.82 Å². The summed E-state index contributed by atoms with van der Waals surface area (Å²) in [6.07, 6.45) is 6.61. The molecule has 236 valence electrons. The van der Waals surface area contributed by atoms with Crippen LogP contribution in [0.4, 0.5) is 8.78 Å². The number of aliphatic imine (C=N–C) groups is 1. The van der Waals surface area contributed by atoms with Gasteiger partial charge in [0, 0.05) is 52.8 Å². The van der Waals surface area contributed by atoms with Crippen LogP contribution in [0.1, 0.15) is 64.5 Å². The number of carbonyl (C=O) groups excluding carboxylic acids is 1. The number of aliphatic hydroxyl groups excluding tert-OH is 1. The van der Waals surface area contributed by atoms with Gasteiger partial charge in [0.15, 0.2) is 0 Å². The first-order chi connectivity index (χ1) is 20.3. The molecular weight excluding hydrogens is 648 g/mol. The minimum Gasteiger partial charge on any atom is -0.483 e. The summed E-state index contributed by atoms with van der Waals surface area (Å²) in [6, 6.07) is 4.61. The zero-order valence-corrected chi connectivity index (χ0v) is 28.0. The van der Waals surface area contributed by atoms with Gasteiger partial charge in [0.1, 0.15) is 30.2 Å². The largest absolute Gasteiger partial charge is 0.483 e. The van der Waals surface area contributed by atoms with Gasteiger partial charge >= 0.3 is 0 Å². The van der Waals surface area contributed by atoms with Crippen molar-refractivity contribution in [1.29, 1.82) is 0 Å². The maximum atomic E-state index is 14.5. The minimum absolute atomic E-state index is 0.0789. The average molecular weight is 693 g/mol. The second kappa shape index (κ2) is 21.9. The van der Waals surface area contributed by atoms with E-state index in [0.717, 1.165) is 78.2 Å². The second-order valence-electron chi connectivity index (χ2n) is 9.46. The Labute approximate surface area is 265 Å². The highest BCUT2D eigenvalue weighted by atomic mass is 79.9. The number of benzene rings is 1. The van der Waals surface area contributed by atoms with Crippen molar-refractivity contribution in [2.75, 3.05) is 37.5 Å². The summed E-state index contributed by atoms with van der Waals surface area (Å²) in [5.41, 5.74) is 3.11. The van der Waals surface area contributed by atoms with Crippen LogP contribution in [0.5, 0.6) is 0 Å². The van der Waals surface area contributed by atoms with Crippen LogP contribution in [0.15, 0.2) is 49.9 Å². The zero-order valence-electron chi connectivity index (χ0n) is 24.8. The van der Waals surface area contributed by atoms with E-state index in [2.05, 4.69) is 53.0 Å². The standard InChI is InChI=1S/C28H38BrF2N3OS2.CH2O2.CH4O/c1-4-7-8-26(37-12-5-2)28-32-25(17-34-16-20(31)14-21(34)18-36-13-11-35)22(6-3)27(33-28)23-10-9-19(30)15-24(23)29;2-1-3;1-2/h8-11,15,20-21,27H,4-7,12-14,16-18H2,1-3H3,(H,32,33);1H,(H,2,3);2H,1H3/b26-8+;;/t20?,21?,27-;;/m1../s1. The highest BCUT2D eigenvalue weighted by molar-refractivity contribution is 9.10. The Kier molecular flexibility index (Phi) is 19.9. The molecule has 1 aromatic carbocycles. The first-order valence-corrected chi connectivity index (χ1v) is 17.0. The SMILES string of the molecule is CCC/C=C(/SCCC)C1=N[C@@H](c2ccc(F)cc2Br)C(CC)=C(CN2CC(F)CC2CSCC=O)N1.CO.O=CO. The molecule has 0 bridgehead atoms. The number of aliphatic hydroxyl groups is 1. The number of amidine groups is 1. The topological polar surface area (TPSA) is 102 Å². The Balaban J connectivity index is 0.00000165. The lowest BCUT2D eigenvalue weighted by Crippen LogP contribution is -2.40. The lowest BCUT2D eigenvalue weighted by atomic mass is 9.93. The van der Waals surface area contributed by atoms with Gasteiger partial charge in [0.25, 0.3) is 6.47 Å². The smallest absolute Gasteiger partial charge is 0.290 e. The molecule has 0 saturated carbocycles. The molecule has 1 fully saturated rings. The lowest BCUT2D eigenvalue weighted by Gasteiger charge is -2.33. The van der Waals surface area contributed by atoms with E-state index in [1.807, 2.05) is 6.07 Å². The number of alkyl halides is 1. The van der Waals surface area contributed by atoms with Crippen LogP contribution in [-0.4, -0.2) is 83.4 Å². The third-order valence-electron chi connectivity index (χ3n) is 6.53. The first kappa shape index (κ1) is 38.3. The summed E-state index contributed by atoms with van der Waals surface area (Å²) >= 11 is 6.94. The number of hydrogen-bond acceptors (Lipinski definition) is 8. The summed E-state index contributed by atoms with van der Waals surface area (Å²) in [5.74, 6) is 2.70. The van der Waals surface area contributed by atoms with Gasteiger partial charge in [-0.3, -0.25) is 14.7 Å². The van der Waals surface area contributed by atoms with Crippen molar-refractivity contribution in [3.63, 3.8) is 0 Å². The minimum atomic E-state index is -0.869. The molecule has 0 spiro atoms. The molecule has 42 heavy (non-hydrogen) atoms. The van der Waals surface area contributed by atoms with Crippen LogP contribution in [0.2, 0.25) is 0 Å². The molecule has 2 unspecified atom stereocenters. The fraction of sp³-hybridized carbons (Fsp3) is 0.567. The second-order valence-corrected chi connectivity index (χ2v) is 12.5. The number of nitrogens with zero attached hydrogens (tertiary/aromatic N) is 2. The zero-order chi connectivity index (χ0) is 31.5. The number of rotatable bonds is 14. The maximum absolute atomic E-state index is 14.5. The van der Waals surface area contributed by atoms with Crippen molar-refractivity contribution in [2.45, 2.75) is 71.1 Å². The fourth-order valence-electron chi connectivity index (χ4n) is 4.74. The van der Waals surface area contributed by atoms with Gasteiger partial charge in [-0.2, -0.15) is 11.8 Å². The molecule has 0 amide bonds. The third kappa shape index (κ3) is 12.1. The van der Waals surface area contributed by atoms with Crippen molar-refractivity contribution >= 4 is 58.0 Å². The van der Waals surface area contributed by atoms with Gasteiger partial charge in [-0.1, -0.05) is 55.3 Å². The molecule has 0 aromatic heterocycles. The summed E-state index contributed by atoms with van der Waals surface area (Å²) in [5, 5.41) is 17.5. The maximum Gasteiger partial charge on any atom is 0.290 e. The molecule has 3 rings (SSSR count). The van der Waals surface area contributed by atoms with Gasteiger partial charge in [0.05, 0.1) is 0 Å². The lowest BCUT2D eigenvalue weighted by molar-refractivity contribution is -0.122. The van der Waals surface area contributed by atoms with Crippen molar-refractivity contribution in [2.24, 2.45) is 4.99 Å². The van der Waals surface area contributed by atoms with Crippen molar-refractivity contribution in [3.05, 3.63) is 56.3 Å². The van der Waals surface area contributed by atoms with Crippen LogP contribution in [0.3, 0.4) is 0 Å². The number of carboxylic acid groups (broad SMARTS) is 1. The predicted molar refractivity (Wildman–Crippen MR) is 176 cm³/mol. The summed E-state index contributed by atoms with van der Waals surface area (Å²) < 4.78 is 29.2. The molecule has 0 radical (unpaired) electrons. The number of carbonyl (C=O) groups is 2. The van der Waals surface area contributed by atoms with E-state index < -0.39 is 6.17 Å². The van der Waals surface area contributed by atoms with Crippen molar-refractivity contribution in [3.8, 4) is 0 Å². The van der Waals surface area contributed by atoms with E-state index >= 15 is 0 Å². The van der Waals surface area contributed by atoms with E-state index in [4.69, 9.17) is 20.0 Å². The summed E-state index contributed by atoms with van der Waals surface area (Å²) in [6.45, 7) is 7.17. The Bertz CT molecular complexity index is 1070. The molecule has 7 nitrogen and oxygen atoms in total. The van der Waals surface area contributed by atoms with E-state index in [-0.39, 0.29) is 24.4 Å². The van der Waals surface area contributed by atoms with E-state index in [1.165, 1.54) is 12.1 Å². The van der Waals surface area contributed by atoms with Crippen molar-refractivity contribution in [1.82, 2.24) is 10.2 Å². The Morgan fingerprint density at radius 2 is 1.95 bits per heavy atom. The molecule has 2 aliphatic heterocycles. The van der Waals surface area contributed by atoms with E-state index in [9.17, 15) is 13.6 Å². The number of aldehydes is 1. The van der Waals surface area contributed by atoms with Crippen LogP contribution in [0.25, 0.3) is 0 Å². The molecule has 3 N–H and O–H groups in total. The Morgan fingerprint density at radius 1 is 1.24 bits per heavy atom. The molecule has 3 atom stereocenters. The molecule has 2 aliphatic rings. The van der Waals surface area contributed by atoms with Gasteiger partial charge in [-0.15, -0.1) is 11.8 Å². The summed E-state index contributed by atoms with van der Waals surface area (Å²) in [7, 11) is 1.00. The Morgan fingerprint density at radius 3 is 2.55 bits per heavy atom. The number of nitrogens with one attached hydrogen (secondary N) is 1. The van der Waals surface area contributed by atoms with Crippen LogP contribution < -0.4 is 5.32 Å². The van der Waals surface area contributed by atoms with Crippen LogP contribution in [-0.2, 0) is 9.59 Å². The normalized spacial score (nSPS) is 20.5. The highest BCUT2D eigenvalue weighted by Crippen LogP contribution is 2.39. The molecule has 2 heterocycles. The summed E-state index contributed by atoms with van der Waals surface area (Å²) in [4.78, 5) is 27.7. The number of allylic oxidation sites excluding steroid dienone is 1. The van der Waals surface area contributed by atoms with Gasteiger partial charge in [-0.05, 0) is 54.7 Å². The quantitative estimate of drug-likeness (QED) is 0.145. The molecule has 1 saturated heterocycles. The number of hydrogen-bond donors (Lipinski definition) is 3. The monoisotopic (exact) mass is 691 g/mol. The van der Waals surface area contributed by atoms with E-state index in [1.54, 1.807) is 23.5 Å². The molecular formula is C30H44BrF2N3O4S2. The highest BCUT2D eigenvalue weighted by Gasteiger charge is 2.35. The van der Waals surface area contributed by atoms with Crippen molar-refractivity contribution < 1.29 is 28.6 Å².